The molecule has 2 heterocycles. The Bertz CT molecular complexity index is 308. The Morgan fingerprint density at radius 3 is 3.06 bits per heavy atom. The fourth-order valence-corrected chi connectivity index (χ4v) is 2.86. The van der Waals surface area contributed by atoms with Gasteiger partial charge in [0.2, 0.25) is 0 Å². The third-order valence-corrected chi connectivity index (χ3v) is 3.83. The number of hydrogen-bond acceptors (Lipinski definition) is 3. The highest BCUT2D eigenvalue weighted by Gasteiger charge is 2.30. The first kappa shape index (κ1) is 12.1. The summed E-state index contributed by atoms with van der Waals surface area (Å²) < 4.78 is 5.93. The molecule has 0 saturated carbocycles. The highest BCUT2D eigenvalue weighted by atomic mass is 32.1. The lowest BCUT2D eigenvalue weighted by atomic mass is 10.1. The summed E-state index contributed by atoms with van der Waals surface area (Å²) in [7, 11) is 0. The Balaban J connectivity index is 1.59. The first-order valence-corrected chi connectivity index (χ1v) is 7.00. The molecule has 1 unspecified atom stereocenters. The maximum atomic E-state index is 5.93. The van der Waals surface area contributed by atoms with Crippen molar-refractivity contribution < 1.29 is 4.74 Å². The van der Waals surface area contributed by atoms with Crippen molar-refractivity contribution in [3.05, 3.63) is 22.4 Å². The van der Waals surface area contributed by atoms with E-state index in [1.165, 1.54) is 18.4 Å². The molecule has 0 radical (unpaired) electrons. The summed E-state index contributed by atoms with van der Waals surface area (Å²) >= 11 is 1.77. The Labute approximate surface area is 102 Å². The van der Waals surface area contributed by atoms with E-state index in [0.717, 1.165) is 19.5 Å². The minimum absolute atomic E-state index is 0.0969. The summed E-state index contributed by atoms with van der Waals surface area (Å²) in [6.45, 7) is 6.40. The number of hydrogen-bond donors (Lipinski definition) is 1. The van der Waals surface area contributed by atoms with Gasteiger partial charge in [0.1, 0.15) is 0 Å². The summed E-state index contributed by atoms with van der Waals surface area (Å²) in [5, 5.41) is 7.84. The van der Waals surface area contributed by atoms with Crippen LogP contribution >= 0.6 is 11.3 Å². The van der Waals surface area contributed by atoms with E-state index < -0.39 is 0 Å². The summed E-state index contributed by atoms with van der Waals surface area (Å²) in [6.07, 6.45) is 3.92. The molecular weight excluding hydrogens is 218 g/mol. The fraction of sp³-hybridized carbons (Fsp3) is 0.692. The number of thiophene rings is 1. The predicted molar refractivity (Wildman–Crippen MR) is 69.1 cm³/mol. The second-order valence-electron chi connectivity index (χ2n) is 5.12. The first-order valence-electron chi connectivity index (χ1n) is 6.05. The molecule has 16 heavy (non-hydrogen) atoms. The van der Waals surface area contributed by atoms with Crippen LogP contribution < -0.4 is 5.32 Å². The average Bonchev–Trinajstić information content (AvgIpc) is 2.82. The monoisotopic (exact) mass is 239 g/mol. The van der Waals surface area contributed by atoms with Crippen LogP contribution in [0, 0.1) is 0 Å². The molecule has 1 aromatic heterocycles. The van der Waals surface area contributed by atoms with Crippen LogP contribution in [-0.2, 0) is 11.2 Å². The minimum Gasteiger partial charge on any atom is -0.371 e. The van der Waals surface area contributed by atoms with Crippen molar-refractivity contribution in [2.24, 2.45) is 0 Å². The summed E-state index contributed by atoms with van der Waals surface area (Å²) in [6, 6.07) is 2.20. The maximum Gasteiger partial charge on any atom is 0.0707 e. The molecule has 2 rings (SSSR count). The molecule has 2 nitrogen and oxygen atoms in total. The number of nitrogens with one attached hydrogen (secondary N) is 1. The van der Waals surface area contributed by atoms with Crippen LogP contribution in [0.15, 0.2) is 16.8 Å². The van der Waals surface area contributed by atoms with E-state index in [1.54, 1.807) is 11.3 Å². The molecule has 1 fully saturated rings. The van der Waals surface area contributed by atoms with Gasteiger partial charge in [-0.1, -0.05) is 0 Å². The average molecular weight is 239 g/mol. The molecule has 1 saturated heterocycles. The molecule has 0 bridgehead atoms. The highest BCUT2D eigenvalue weighted by Crippen LogP contribution is 2.28. The van der Waals surface area contributed by atoms with E-state index in [2.05, 4.69) is 36.0 Å². The second kappa shape index (κ2) is 5.30. The molecule has 90 valence electrons. The normalized spacial score (nSPS) is 23.8. The fourth-order valence-electron chi connectivity index (χ4n) is 2.15. The summed E-state index contributed by atoms with van der Waals surface area (Å²) in [5.74, 6) is 0. The Morgan fingerprint density at radius 1 is 1.56 bits per heavy atom. The van der Waals surface area contributed by atoms with Crippen LogP contribution in [0.3, 0.4) is 0 Å². The second-order valence-corrected chi connectivity index (χ2v) is 5.90. The Morgan fingerprint density at radius 2 is 2.44 bits per heavy atom. The van der Waals surface area contributed by atoms with Gasteiger partial charge >= 0.3 is 0 Å². The van der Waals surface area contributed by atoms with Crippen molar-refractivity contribution in [1.29, 1.82) is 0 Å². The summed E-state index contributed by atoms with van der Waals surface area (Å²) in [5.41, 5.74) is 1.53. The van der Waals surface area contributed by atoms with Crippen molar-refractivity contribution >= 4 is 11.3 Å². The van der Waals surface area contributed by atoms with Crippen LogP contribution in [0.2, 0.25) is 0 Å². The van der Waals surface area contributed by atoms with E-state index in [0.29, 0.717) is 6.10 Å². The highest BCUT2D eigenvalue weighted by molar-refractivity contribution is 7.07. The van der Waals surface area contributed by atoms with Crippen LogP contribution in [0.4, 0.5) is 0 Å². The third-order valence-electron chi connectivity index (χ3n) is 3.10. The zero-order valence-corrected chi connectivity index (χ0v) is 11.0. The Hall–Kier alpha value is -0.380. The molecule has 1 N–H and O–H groups in total. The van der Waals surface area contributed by atoms with Crippen LogP contribution in [0.1, 0.15) is 32.3 Å². The molecule has 1 atom stereocenters. The van der Waals surface area contributed by atoms with Crippen molar-refractivity contribution in [3.63, 3.8) is 0 Å². The van der Waals surface area contributed by atoms with Crippen LogP contribution in [0.5, 0.6) is 0 Å². The van der Waals surface area contributed by atoms with Crippen molar-refractivity contribution in [2.75, 3.05) is 13.1 Å². The summed E-state index contributed by atoms with van der Waals surface area (Å²) in [4.78, 5) is 0. The van der Waals surface area contributed by atoms with E-state index >= 15 is 0 Å². The predicted octanol–water partition coefficient (Wildman–Crippen LogP) is 2.84. The van der Waals surface area contributed by atoms with Gasteiger partial charge < -0.3 is 10.1 Å². The van der Waals surface area contributed by atoms with Gasteiger partial charge in [-0.15, -0.1) is 0 Å². The molecule has 3 heteroatoms. The smallest absolute Gasteiger partial charge is 0.0707 e. The molecule has 0 spiro atoms. The van der Waals surface area contributed by atoms with E-state index in [-0.39, 0.29) is 5.60 Å². The lowest BCUT2D eigenvalue weighted by Crippen LogP contribution is -2.30. The van der Waals surface area contributed by atoms with Gasteiger partial charge in [-0.25, -0.2) is 0 Å². The largest absolute Gasteiger partial charge is 0.371 e. The van der Waals surface area contributed by atoms with E-state index in [1.807, 2.05) is 0 Å². The van der Waals surface area contributed by atoms with Crippen LogP contribution in [-0.4, -0.2) is 24.8 Å². The number of ether oxygens (including phenoxy) is 1. The van der Waals surface area contributed by atoms with Gasteiger partial charge in [-0.3, -0.25) is 0 Å². The molecule has 0 aromatic carbocycles. The van der Waals surface area contributed by atoms with Gasteiger partial charge in [-0.2, -0.15) is 11.3 Å². The molecule has 1 aromatic rings. The van der Waals surface area contributed by atoms with E-state index in [9.17, 15) is 0 Å². The maximum absolute atomic E-state index is 5.93. The Kier molecular flexibility index (Phi) is 4.00. The lowest BCUT2D eigenvalue weighted by Gasteiger charge is -2.19. The van der Waals surface area contributed by atoms with Crippen LogP contribution in [0.25, 0.3) is 0 Å². The molecule has 0 aliphatic carbocycles. The van der Waals surface area contributed by atoms with Crippen molar-refractivity contribution in [3.8, 4) is 0 Å². The molecular formula is C13H21NOS. The quantitative estimate of drug-likeness (QED) is 0.798. The molecule has 1 aliphatic rings. The minimum atomic E-state index is 0.0969. The third kappa shape index (κ3) is 3.58. The lowest BCUT2D eigenvalue weighted by molar-refractivity contribution is -0.0140. The topological polar surface area (TPSA) is 21.3 Å². The zero-order chi connectivity index (χ0) is 11.4. The zero-order valence-electron chi connectivity index (χ0n) is 10.2. The molecule has 1 aliphatic heterocycles. The standard InChI is InChI=1S/C13H21NOS/c1-13(2)6-3-12(15-13)9-14-7-4-11-5-8-16-10-11/h5,8,10,12,14H,3-4,6-7,9H2,1-2H3. The number of rotatable bonds is 5. The van der Waals surface area contributed by atoms with Gasteiger partial charge in [0.15, 0.2) is 0 Å². The molecule has 0 amide bonds. The van der Waals surface area contributed by atoms with E-state index in [4.69, 9.17) is 4.74 Å². The van der Waals surface area contributed by atoms with Crippen molar-refractivity contribution in [1.82, 2.24) is 5.32 Å². The van der Waals surface area contributed by atoms with Gasteiger partial charge in [0, 0.05) is 6.54 Å². The van der Waals surface area contributed by atoms with Gasteiger partial charge in [0.25, 0.3) is 0 Å². The van der Waals surface area contributed by atoms with Crippen molar-refractivity contribution in [2.45, 2.75) is 44.8 Å². The van der Waals surface area contributed by atoms with Gasteiger partial charge in [-0.05, 0) is 62.0 Å². The van der Waals surface area contributed by atoms with Gasteiger partial charge in [0.05, 0.1) is 11.7 Å². The SMILES string of the molecule is CC1(C)CCC(CNCCc2ccsc2)O1. The first-order chi connectivity index (χ1) is 7.66.